The van der Waals surface area contributed by atoms with Gasteiger partial charge in [0.05, 0.1) is 37.8 Å². The number of thioether (sulfide) groups is 1. The zero-order valence-corrected chi connectivity index (χ0v) is 33.6. The highest BCUT2D eigenvalue weighted by Crippen LogP contribution is 2.37. The predicted octanol–water partition coefficient (Wildman–Crippen LogP) is 2.40. The van der Waals surface area contributed by atoms with Crippen LogP contribution in [-0.2, 0) is 22.7 Å². The van der Waals surface area contributed by atoms with Crippen molar-refractivity contribution in [3.63, 3.8) is 0 Å². The lowest BCUT2D eigenvalue weighted by molar-refractivity contribution is -0.175. The zero-order valence-electron chi connectivity index (χ0n) is 32.8. The Bertz CT molecular complexity index is 1950. The van der Waals surface area contributed by atoms with Gasteiger partial charge in [-0.15, -0.1) is 0 Å². The fourth-order valence-corrected chi connectivity index (χ4v) is 8.06. The number of hydrogen-bond acceptors (Lipinski definition) is 15. The van der Waals surface area contributed by atoms with Crippen LogP contribution in [0.4, 0.5) is 0 Å². The molecule has 0 bridgehead atoms. The van der Waals surface area contributed by atoms with Gasteiger partial charge in [0, 0.05) is 23.3 Å². The number of carbonyl (C=O) groups excluding carboxylic acids is 2. The minimum atomic E-state index is -1.68. The average molecular weight is 861 g/mol. The van der Waals surface area contributed by atoms with E-state index < -0.39 is 84.6 Å². The lowest BCUT2D eigenvalue weighted by Gasteiger charge is -2.46. The summed E-state index contributed by atoms with van der Waals surface area (Å²) in [6.45, 7) is 6.04. The van der Waals surface area contributed by atoms with Crippen molar-refractivity contribution < 1.29 is 68.6 Å². The lowest BCUT2D eigenvalue weighted by atomic mass is 9.96. The summed E-state index contributed by atoms with van der Waals surface area (Å²) in [7, 11) is 0. The Morgan fingerprint density at radius 2 is 0.967 bits per heavy atom. The first-order valence-corrected chi connectivity index (χ1v) is 20.2. The van der Waals surface area contributed by atoms with E-state index in [9.17, 15) is 40.2 Å². The monoisotopic (exact) mass is 860 g/mol. The fourth-order valence-electron chi connectivity index (χ4n) is 6.72. The summed E-state index contributed by atoms with van der Waals surface area (Å²) in [6.07, 6.45) is -6.90. The Kier molecular flexibility index (Phi) is 15.8. The Morgan fingerprint density at radius 3 is 1.33 bits per heavy atom. The van der Waals surface area contributed by atoms with Crippen LogP contribution in [0.5, 0.6) is 23.0 Å². The third-order valence-electron chi connectivity index (χ3n) is 9.85. The Hall–Kier alpha value is -5.47. The molecule has 0 spiro atoms. The SMILES string of the molecule is C=COc1cc(OCc2ccccc2)cc(C(=O)NC2C(O)C(SC3O[C@@H](CO)[C@H](O)[C@H](NC(=O)c4cc(OC=C)cc(OCc5ccccc5)c4)[C@H]3O)O[C@H](CO)[C@@H]2O)c1. The van der Waals surface area contributed by atoms with Gasteiger partial charge in [-0.3, -0.25) is 9.59 Å². The van der Waals surface area contributed by atoms with Gasteiger partial charge in [0.2, 0.25) is 0 Å². The molecule has 2 saturated heterocycles. The van der Waals surface area contributed by atoms with Crippen LogP contribution in [0.25, 0.3) is 0 Å². The van der Waals surface area contributed by atoms with Crippen LogP contribution in [0, 0.1) is 0 Å². The number of carbonyl (C=O) groups is 2. The first-order chi connectivity index (χ1) is 29.5. The van der Waals surface area contributed by atoms with Crippen molar-refractivity contribution in [1.82, 2.24) is 10.6 Å². The summed E-state index contributed by atoms with van der Waals surface area (Å²) < 4.78 is 34.3. The molecule has 0 saturated carbocycles. The average Bonchev–Trinajstić information content (AvgIpc) is 3.27. The topological polar surface area (TPSA) is 235 Å². The molecule has 4 aromatic rings. The predicted molar refractivity (Wildman–Crippen MR) is 222 cm³/mol. The molecular weight excluding hydrogens is 813 g/mol. The van der Waals surface area contributed by atoms with Crippen LogP contribution in [0.2, 0.25) is 0 Å². The maximum atomic E-state index is 13.7. The number of aliphatic hydroxyl groups excluding tert-OH is 6. The molecular formula is C44H48N2O14S. The van der Waals surface area contributed by atoms with Crippen molar-refractivity contribution in [2.24, 2.45) is 0 Å². The second-order valence-electron chi connectivity index (χ2n) is 14.1. The molecule has 4 unspecified atom stereocenters. The summed E-state index contributed by atoms with van der Waals surface area (Å²) in [4.78, 5) is 27.5. The Labute approximate surface area is 356 Å². The van der Waals surface area contributed by atoms with Crippen LogP contribution in [0.1, 0.15) is 31.8 Å². The second kappa shape index (κ2) is 21.4. The molecule has 17 heteroatoms. The largest absolute Gasteiger partial charge is 0.489 e. The van der Waals surface area contributed by atoms with Crippen LogP contribution < -0.4 is 29.6 Å². The minimum absolute atomic E-state index is 0.0407. The summed E-state index contributed by atoms with van der Waals surface area (Å²) in [6, 6.07) is 24.6. The molecule has 6 rings (SSSR count). The Morgan fingerprint density at radius 1 is 0.590 bits per heavy atom. The summed E-state index contributed by atoms with van der Waals surface area (Å²) in [5, 5.41) is 71.0. The second-order valence-corrected chi connectivity index (χ2v) is 15.3. The first kappa shape index (κ1) is 45.1. The van der Waals surface area contributed by atoms with E-state index in [4.69, 9.17) is 28.4 Å². The van der Waals surface area contributed by atoms with Gasteiger partial charge in [-0.25, -0.2) is 0 Å². The van der Waals surface area contributed by atoms with Crippen LogP contribution in [0.15, 0.2) is 123 Å². The maximum Gasteiger partial charge on any atom is 0.251 e. The smallest absolute Gasteiger partial charge is 0.251 e. The number of aliphatic hydroxyl groups is 6. The molecule has 2 amide bonds. The zero-order chi connectivity index (χ0) is 43.5. The molecule has 8 N–H and O–H groups in total. The van der Waals surface area contributed by atoms with Gasteiger partial charge in [-0.05, 0) is 35.4 Å². The number of hydrogen-bond donors (Lipinski definition) is 8. The van der Waals surface area contributed by atoms with Crippen LogP contribution in [-0.4, -0.2) is 115 Å². The van der Waals surface area contributed by atoms with E-state index in [0.29, 0.717) is 11.8 Å². The summed E-state index contributed by atoms with van der Waals surface area (Å²) in [5.41, 5.74) is -0.932. The molecule has 0 radical (unpaired) electrons. The van der Waals surface area contributed by atoms with Gasteiger partial charge in [-0.2, -0.15) is 0 Å². The minimum Gasteiger partial charge on any atom is -0.489 e. The van der Waals surface area contributed by atoms with E-state index in [1.54, 1.807) is 12.1 Å². The molecule has 0 aromatic heterocycles. The summed E-state index contributed by atoms with van der Waals surface area (Å²) >= 11 is 0.692. The van der Waals surface area contributed by atoms with E-state index in [-0.39, 0.29) is 47.3 Å². The lowest BCUT2D eigenvalue weighted by Crippen LogP contribution is -2.66. The van der Waals surface area contributed by atoms with Crippen molar-refractivity contribution in [1.29, 1.82) is 0 Å². The Balaban J connectivity index is 1.17. The first-order valence-electron chi connectivity index (χ1n) is 19.2. The van der Waals surface area contributed by atoms with Crippen molar-refractivity contribution in [2.75, 3.05) is 13.2 Å². The highest BCUT2D eigenvalue weighted by Gasteiger charge is 2.51. The van der Waals surface area contributed by atoms with Crippen molar-refractivity contribution in [2.45, 2.75) is 72.8 Å². The molecule has 16 nitrogen and oxygen atoms in total. The van der Waals surface area contributed by atoms with Gasteiger partial charge < -0.3 is 69.7 Å². The number of nitrogens with one attached hydrogen (secondary N) is 2. The molecule has 2 aliphatic rings. The van der Waals surface area contributed by atoms with Gasteiger partial charge >= 0.3 is 0 Å². The normalized spacial score (nSPS) is 26.0. The molecule has 2 fully saturated rings. The number of benzene rings is 4. The summed E-state index contributed by atoms with van der Waals surface area (Å²) in [5.74, 6) is -0.491. The molecule has 2 heterocycles. The molecule has 10 atom stereocenters. The van der Waals surface area contributed by atoms with Gasteiger partial charge in [0.1, 0.15) is 83.7 Å². The molecule has 2 aliphatic heterocycles. The molecule has 324 valence electrons. The van der Waals surface area contributed by atoms with Crippen molar-refractivity contribution in [3.05, 3.63) is 145 Å². The quantitative estimate of drug-likeness (QED) is 0.0672. The van der Waals surface area contributed by atoms with Crippen LogP contribution in [0.3, 0.4) is 0 Å². The standard InChI is InChI=1S/C44H48N2O14S/c1-3-55-29-15-27(17-31(19-29)57-23-25-11-7-5-8-12-25)41(53)45-35-37(49)33(21-47)59-43(39(35)51)61-44-40(52)36(38(50)34(22-48)60-44)46-42(54)28-16-30(56-4-2)20-32(18-28)58-24-26-13-9-6-10-14-26/h3-20,33-40,43-44,47-52H,1-2,21-24H2,(H,45,53)(H,46,54)/t33-,34+,35-,36?,37-,38-,39+,40?,43?,44?/m0/s1. The van der Waals surface area contributed by atoms with E-state index in [1.165, 1.54) is 36.8 Å². The molecule has 4 aromatic carbocycles. The number of amides is 2. The van der Waals surface area contributed by atoms with Crippen molar-refractivity contribution >= 4 is 23.6 Å². The molecule has 0 aliphatic carbocycles. The highest BCUT2D eigenvalue weighted by molar-refractivity contribution is 8.00. The number of ether oxygens (including phenoxy) is 6. The van der Waals surface area contributed by atoms with E-state index in [0.717, 1.165) is 11.1 Å². The van der Waals surface area contributed by atoms with E-state index >= 15 is 0 Å². The number of rotatable bonds is 18. The van der Waals surface area contributed by atoms with Crippen LogP contribution >= 0.6 is 11.8 Å². The third kappa shape index (κ3) is 11.5. The van der Waals surface area contributed by atoms with E-state index in [1.807, 2.05) is 60.7 Å². The van der Waals surface area contributed by atoms with Gasteiger partial charge in [0.15, 0.2) is 0 Å². The third-order valence-corrected chi connectivity index (χ3v) is 11.2. The van der Waals surface area contributed by atoms with Gasteiger partial charge in [0.25, 0.3) is 11.8 Å². The highest BCUT2D eigenvalue weighted by atomic mass is 32.2. The molecule has 61 heavy (non-hydrogen) atoms. The van der Waals surface area contributed by atoms with Crippen molar-refractivity contribution in [3.8, 4) is 23.0 Å². The maximum absolute atomic E-state index is 13.7. The fraction of sp³-hybridized carbons (Fsp3) is 0.318. The van der Waals surface area contributed by atoms with E-state index in [2.05, 4.69) is 23.8 Å². The van der Waals surface area contributed by atoms with Gasteiger partial charge in [-0.1, -0.05) is 85.6 Å².